The van der Waals surface area contributed by atoms with E-state index in [-0.39, 0.29) is 0 Å². The van der Waals surface area contributed by atoms with Crippen molar-refractivity contribution in [3.05, 3.63) is 115 Å². The third-order valence-corrected chi connectivity index (χ3v) is 4.41. The van der Waals surface area contributed by atoms with E-state index in [1.54, 1.807) is 0 Å². The van der Waals surface area contributed by atoms with Crippen LogP contribution in [0.4, 0.5) is 0 Å². The van der Waals surface area contributed by atoms with Gasteiger partial charge in [-0.15, -0.1) is 0 Å². The summed E-state index contributed by atoms with van der Waals surface area (Å²) in [7, 11) is 0. The molecule has 0 aliphatic heterocycles. The van der Waals surface area contributed by atoms with Gasteiger partial charge in [0.2, 0.25) is 0 Å². The van der Waals surface area contributed by atoms with Crippen molar-refractivity contribution >= 4 is 0 Å². The minimum atomic E-state index is 0.554. The van der Waals surface area contributed by atoms with E-state index in [4.69, 9.17) is 4.74 Å². The molecule has 4 aromatic rings. The van der Waals surface area contributed by atoms with E-state index in [0.29, 0.717) is 6.61 Å². The van der Waals surface area contributed by atoms with Crippen LogP contribution in [-0.2, 0) is 6.61 Å². The van der Waals surface area contributed by atoms with Crippen LogP contribution in [0.15, 0.2) is 109 Å². The lowest BCUT2D eigenvalue weighted by molar-refractivity contribution is 0.307. The number of rotatable bonds is 5. The Morgan fingerprint density at radius 2 is 1.08 bits per heavy atom. The van der Waals surface area contributed by atoms with Gasteiger partial charge >= 0.3 is 0 Å². The molecule has 126 valence electrons. The maximum atomic E-state index is 6.24. The highest BCUT2D eigenvalue weighted by molar-refractivity contribution is 5.87. The zero-order valence-corrected chi connectivity index (χ0v) is 14.5. The van der Waals surface area contributed by atoms with Crippen molar-refractivity contribution in [1.29, 1.82) is 0 Å². The highest BCUT2D eigenvalue weighted by Crippen LogP contribution is 2.39. The van der Waals surface area contributed by atoms with Crippen LogP contribution in [0.5, 0.6) is 5.75 Å². The summed E-state index contributed by atoms with van der Waals surface area (Å²) in [6.07, 6.45) is 0. The largest absolute Gasteiger partial charge is 0.488 e. The van der Waals surface area contributed by atoms with Crippen molar-refractivity contribution in [3.8, 4) is 28.0 Å². The Bertz CT molecular complexity index is 961. The lowest BCUT2D eigenvalue weighted by Gasteiger charge is -2.16. The van der Waals surface area contributed by atoms with Crippen LogP contribution in [0, 0.1) is 0 Å². The molecule has 0 aliphatic carbocycles. The Labute approximate surface area is 154 Å². The molecule has 0 amide bonds. The first-order valence-electron chi connectivity index (χ1n) is 8.82. The molecule has 0 spiro atoms. The highest BCUT2D eigenvalue weighted by atomic mass is 16.5. The summed E-state index contributed by atoms with van der Waals surface area (Å²) in [4.78, 5) is 0. The molecule has 0 radical (unpaired) electrons. The number of hydrogen-bond donors (Lipinski definition) is 0. The summed E-state index contributed by atoms with van der Waals surface area (Å²) in [5, 5.41) is 0. The van der Waals surface area contributed by atoms with Crippen molar-refractivity contribution in [2.45, 2.75) is 6.61 Å². The summed E-state index contributed by atoms with van der Waals surface area (Å²) in [6.45, 7) is 0.554. The molecule has 1 nitrogen and oxygen atoms in total. The van der Waals surface area contributed by atoms with Crippen molar-refractivity contribution in [1.82, 2.24) is 0 Å². The molecule has 0 aromatic heterocycles. The first-order valence-corrected chi connectivity index (χ1v) is 8.82. The molecular formula is C25H20O. The molecule has 0 fully saturated rings. The minimum Gasteiger partial charge on any atom is -0.488 e. The van der Waals surface area contributed by atoms with Crippen molar-refractivity contribution in [2.75, 3.05) is 0 Å². The molecule has 0 N–H and O–H groups in total. The molecule has 4 rings (SSSR count). The van der Waals surface area contributed by atoms with E-state index in [2.05, 4.69) is 78.9 Å². The molecule has 0 bridgehead atoms. The van der Waals surface area contributed by atoms with E-state index in [0.717, 1.165) is 22.4 Å². The van der Waals surface area contributed by atoms with Crippen LogP contribution in [-0.4, -0.2) is 0 Å². The average molecular weight is 336 g/mol. The Morgan fingerprint density at radius 1 is 0.500 bits per heavy atom. The van der Waals surface area contributed by atoms with Gasteiger partial charge in [-0.3, -0.25) is 0 Å². The van der Waals surface area contributed by atoms with Crippen molar-refractivity contribution < 1.29 is 4.74 Å². The molecular weight excluding hydrogens is 316 g/mol. The first-order chi connectivity index (χ1) is 12.9. The predicted molar refractivity (Wildman–Crippen MR) is 108 cm³/mol. The maximum absolute atomic E-state index is 6.24. The van der Waals surface area contributed by atoms with E-state index in [1.165, 1.54) is 11.1 Å². The quantitative estimate of drug-likeness (QED) is 0.399. The molecule has 0 atom stereocenters. The summed E-state index contributed by atoms with van der Waals surface area (Å²) < 4.78 is 6.24. The van der Waals surface area contributed by atoms with E-state index >= 15 is 0 Å². The maximum Gasteiger partial charge on any atom is 0.128 e. The van der Waals surface area contributed by atoms with Gasteiger partial charge in [-0.1, -0.05) is 103 Å². The van der Waals surface area contributed by atoms with Gasteiger partial charge in [0.05, 0.1) is 0 Å². The zero-order valence-electron chi connectivity index (χ0n) is 14.5. The second-order valence-electron chi connectivity index (χ2n) is 6.19. The number of benzene rings is 4. The fourth-order valence-electron chi connectivity index (χ4n) is 3.15. The highest BCUT2D eigenvalue weighted by Gasteiger charge is 2.13. The number of ether oxygens (including phenoxy) is 1. The fourth-order valence-corrected chi connectivity index (χ4v) is 3.15. The van der Waals surface area contributed by atoms with Gasteiger partial charge in [-0.05, 0) is 28.3 Å². The summed E-state index contributed by atoms with van der Waals surface area (Å²) >= 11 is 0. The lowest BCUT2D eigenvalue weighted by atomic mass is 9.94. The summed E-state index contributed by atoms with van der Waals surface area (Å²) in [6, 6.07) is 37.5. The van der Waals surface area contributed by atoms with Crippen molar-refractivity contribution in [3.63, 3.8) is 0 Å². The molecule has 0 heterocycles. The van der Waals surface area contributed by atoms with Crippen LogP contribution < -0.4 is 4.74 Å². The molecule has 0 saturated heterocycles. The van der Waals surface area contributed by atoms with Gasteiger partial charge in [0.15, 0.2) is 0 Å². The van der Waals surface area contributed by atoms with Crippen LogP contribution >= 0.6 is 0 Å². The third kappa shape index (κ3) is 3.52. The van der Waals surface area contributed by atoms with E-state index < -0.39 is 0 Å². The molecule has 0 unspecified atom stereocenters. The van der Waals surface area contributed by atoms with Gasteiger partial charge in [-0.2, -0.15) is 0 Å². The second-order valence-corrected chi connectivity index (χ2v) is 6.19. The summed E-state index contributed by atoms with van der Waals surface area (Å²) in [5.41, 5.74) is 5.83. The van der Waals surface area contributed by atoms with Crippen LogP contribution in [0.25, 0.3) is 22.3 Å². The Kier molecular flexibility index (Phi) is 4.79. The summed E-state index contributed by atoms with van der Waals surface area (Å²) in [5.74, 6) is 0.904. The Balaban J connectivity index is 1.78. The molecule has 0 saturated carbocycles. The molecule has 0 aliphatic rings. The van der Waals surface area contributed by atoms with Crippen LogP contribution in [0.3, 0.4) is 0 Å². The third-order valence-electron chi connectivity index (χ3n) is 4.41. The van der Waals surface area contributed by atoms with Gasteiger partial charge in [0.1, 0.15) is 12.4 Å². The smallest absolute Gasteiger partial charge is 0.128 e. The SMILES string of the molecule is c1ccc(COc2cccc(-c3ccccc3)c2-c2ccccc2)cc1. The zero-order chi connectivity index (χ0) is 17.6. The molecule has 26 heavy (non-hydrogen) atoms. The van der Waals surface area contributed by atoms with Crippen molar-refractivity contribution in [2.24, 2.45) is 0 Å². The first kappa shape index (κ1) is 16.2. The van der Waals surface area contributed by atoms with Gasteiger partial charge in [0.25, 0.3) is 0 Å². The monoisotopic (exact) mass is 336 g/mol. The minimum absolute atomic E-state index is 0.554. The van der Waals surface area contributed by atoms with Gasteiger partial charge < -0.3 is 4.74 Å². The van der Waals surface area contributed by atoms with Crippen LogP contribution in [0.2, 0.25) is 0 Å². The molecule has 4 aromatic carbocycles. The van der Waals surface area contributed by atoms with E-state index in [9.17, 15) is 0 Å². The second kappa shape index (κ2) is 7.71. The number of hydrogen-bond acceptors (Lipinski definition) is 1. The average Bonchev–Trinajstić information content (AvgIpc) is 2.74. The normalized spacial score (nSPS) is 10.5. The predicted octanol–water partition coefficient (Wildman–Crippen LogP) is 6.60. The molecule has 1 heteroatoms. The van der Waals surface area contributed by atoms with Gasteiger partial charge in [0, 0.05) is 5.56 Å². The van der Waals surface area contributed by atoms with E-state index in [1.807, 2.05) is 30.3 Å². The van der Waals surface area contributed by atoms with Gasteiger partial charge in [-0.25, -0.2) is 0 Å². The Hall–Kier alpha value is -3.32. The topological polar surface area (TPSA) is 9.23 Å². The lowest BCUT2D eigenvalue weighted by Crippen LogP contribution is -1.98. The van der Waals surface area contributed by atoms with Crippen LogP contribution in [0.1, 0.15) is 5.56 Å². The Morgan fingerprint density at radius 3 is 1.73 bits per heavy atom. The fraction of sp³-hybridized carbons (Fsp3) is 0.0400. The standard InChI is InChI=1S/C25H20O/c1-4-11-20(12-5-1)19-26-24-18-10-17-23(21-13-6-2-7-14-21)25(24)22-15-8-3-9-16-22/h1-18H,19H2.